The van der Waals surface area contributed by atoms with Crippen LogP contribution in [0.2, 0.25) is 0 Å². The van der Waals surface area contributed by atoms with Crippen LogP contribution in [0, 0.1) is 12.3 Å². The molecule has 0 aromatic carbocycles. The van der Waals surface area contributed by atoms with E-state index in [-0.39, 0.29) is 6.04 Å². The van der Waals surface area contributed by atoms with Crippen LogP contribution in [0.25, 0.3) is 0 Å². The zero-order valence-corrected chi connectivity index (χ0v) is 7.46. The van der Waals surface area contributed by atoms with Crippen LogP contribution in [0.3, 0.4) is 0 Å². The molecule has 2 N–H and O–H groups in total. The van der Waals surface area contributed by atoms with Crippen molar-refractivity contribution >= 4 is 0 Å². The second-order valence-electron chi connectivity index (χ2n) is 3.34. The zero-order chi connectivity index (χ0) is 9.26. The van der Waals surface area contributed by atoms with Crippen molar-refractivity contribution in [3.8, 4) is 12.3 Å². The van der Waals surface area contributed by atoms with E-state index in [0.717, 1.165) is 18.5 Å². The summed E-state index contributed by atoms with van der Waals surface area (Å²) in [5.74, 6) is 2.49. The largest absolute Gasteiger partial charge is 0.313 e. The molecule has 1 aliphatic carbocycles. The maximum Gasteiger partial charge on any atom is 0.109 e. The molecule has 2 rings (SSSR count). The molecule has 2 nitrogen and oxygen atoms in total. The normalized spacial score (nSPS) is 16.3. The minimum absolute atomic E-state index is 0.356. The average Bonchev–Trinajstić information content (AvgIpc) is 2.63. The lowest BCUT2D eigenvalue weighted by molar-refractivity contribution is 0.856. The molecule has 0 amide bonds. The van der Waals surface area contributed by atoms with Gasteiger partial charge in [0.1, 0.15) is 6.04 Å². The first-order valence-electron chi connectivity index (χ1n) is 4.51. The topological polar surface area (TPSA) is 38.9 Å². The van der Waals surface area contributed by atoms with Crippen LogP contribution in [-0.4, -0.2) is 4.98 Å². The van der Waals surface area contributed by atoms with Gasteiger partial charge in [0, 0.05) is 5.69 Å². The third-order valence-corrected chi connectivity index (χ3v) is 2.45. The summed E-state index contributed by atoms with van der Waals surface area (Å²) in [5, 5.41) is 0. The predicted octanol–water partition coefficient (Wildman–Crippen LogP) is 1.20. The summed E-state index contributed by atoms with van der Waals surface area (Å²) < 4.78 is 0. The fourth-order valence-corrected chi connectivity index (χ4v) is 1.70. The minimum atomic E-state index is -0.356. The molecule has 2 heteroatoms. The summed E-state index contributed by atoms with van der Waals surface area (Å²) in [5.41, 5.74) is 9.05. The molecule has 1 aliphatic rings. The van der Waals surface area contributed by atoms with Crippen LogP contribution < -0.4 is 5.73 Å². The van der Waals surface area contributed by atoms with Crippen LogP contribution in [0.1, 0.15) is 29.4 Å². The van der Waals surface area contributed by atoms with E-state index in [9.17, 15) is 0 Å². The molecule has 0 radical (unpaired) electrons. The number of rotatable bonds is 1. The Kier molecular flexibility index (Phi) is 2.03. The fourth-order valence-electron chi connectivity index (χ4n) is 1.70. The van der Waals surface area contributed by atoms with Gasteiger partial charge in [0.25, 0.3) is 0 Å². The second kappa shape index (κ2) is 3.20. The van der Waals surface area contributed by atoms with Gasteiger partial charge in [-0.25, -0.2) is 0 Å². The van der Waals surface area contributed by atoms with Crippen molar-refractivity contribution in [3.63, 3.8) is 0 Å². The highest BCUT2D eigenvalue weighted by Gasteiger charge is 2.13. The molecule has 0 saturated carbocycles. The Bertz CT molecular complexity index is 363. The Balaban J connectivity index is 2.37. The van der Waals surface area contributed by atoms with Crippen molar-refractivity contribution in [1.82, 2.24) is 4.98 Å². The lowest BCUT2D eigenvalue weighted by Crippen LogP contribution is -2.10. The van der Waals surface area contributed by atoms with E-state index in [1.165, 1.54) is 17.7 Å². The van der Waals surface area contributed by atoms with Crippen molar-refractivity contribution < 1.29 is 0 Å². The fraction of sp³-hybridized carbons (Fsp3) is 0.364. The summed E-state index contributed by atoms with van der Waals surface area (Å²) in [6.45, 7) is 0. The summed E-state index contributed by atoms with van der Waals surface area (Å²) >= 11 is 0. The van der Waals surface area contributed by atoms with E-state index in [2.05, 4.69) is 17.0 Å². The first-order valence-corrected chi connectivity index (χ1v) is 4.51. The average molecular weight is 172 g/mol. The molecule has 0 aliphatic heterocycles. The summed E-state index contributed by atoms with van der Waals surface area (Å²) in [7, 11) is 0. The molecule has 1 heterocycles. The SMILES string of the molecule is C#CC(N)c1ccc2c(n1)CCC2. The number of nitrogens with zero attached hydrogens (tertiary/aromatic N) is 1. The van der Waals surface area contributed by atoms with Crippen molar-refractivity contribution in [3.05, 3.63) is 29.1 Å². The Hall–Kier alpha value is -1.33. The quantitative estimate of drug-likeness (QED) is 0.646. The first kappa shape index (κ1) is 8.28. The monoisotopic (exact) mass is 172 g/mol. The lowest BCUT2D eigenvalue weighted by Gasteiger charge is -2.05. The number of nitrogens with two attached hydrogens (primary N) is 1. The van der Waals surface area contributed by atoms with E-state index in [1.54, 1.807) is 0 Å². The first-order chi connectivity index (χ1) is 6.31. The van der Waals surface area contributed by atoms with Gasteiger partial charge in [-0.2, -0.15) is 0 Å². The van der Waals surface area contributed by atoms with E-state index in [4.69, 9.17) is 12.2 Å². The maximum absolute atomic E-state index is 5.69. The summed E-state index contributed by atoms with van der Waals surface area (Å²) in [4.78, 5) is 4.46. The Labute approximate surface area is 78.2 Å². The smallest absolute Gasteiger partial charge is 0.109 e. The molecule has 13 heavy (non-hydrogen) atoms. The molecule has 1 atom stereocenters. The van der Waals surface area contributed by atoms with E-state index in [1.807, 2.05) is 6.07 Å². The van der Waals surface area contributed by atoms with Crippen molar-refractivity contribution in [2.45, 2.75) is 25.3 Å². The molecule has 1 aromatic heterocycles. The van der Waals surface area contributed by atoms with Crippen LogP contribution in [-0.2, 0) is 12.8 Å². The number of hydrogen-bond donors (Lipinski definition) is 1. The third kappa shape index (κ3) is 1.43. The molecule has 66 valence electrons. The molecular weight excluding hydrogens is 160 g/mol. The second-order valence-corrected chi connectivity index (χ2v) is 3.34. The number of aromatic nitrogens is 1. The van der Waals surface area contributed by atoms with Gasteiger partial charge < -0.3 is 5.73 Å². The van der Waals surface area contributed by atoms with Crippen molar-refractivity contribution in [2.24, 2.45) is 5.73 Å². The standard InChI is InChI=1S/C11H12N2/c1-2-9(12)11-7-6-8-4-3-5-10(8)13-11/h1,6-7,9H,3-5,12H2. The van der Waals surface area contributed by atoms with Gasteiger partial charge in [0.05, 0.1) is 5.69 Å². The van der Waals surface area contributed by atoms with Gasteiger partial charge in [-0.15, -0.1) is 6.42 Å². The van der Waals surface area contributed by atoms with Crippen LogP contribution in [0.15, 0.2) is 12.1 Å². The van der Waals surface area contributed by atoms with Crippen LogP contribution in [0.4, 0.5) is 0 Å². The Morgan fingerprint density at radius 3 is 3.08 bits per heavy atom. The van der Waals surface area contributed by atoms with Crippen LogP contribution in [0.5, 0.6) is 0 Å². The highest BCUT2D eigenvalue weighted by atomic mass is 14.8. The lowest BCUT2D eigenvalue weighted by atomic mass is 10.1. The maximum atomic E-state index is 5.69. The zero-order valence-electron chi connectivity index (χ0n) is 7.46. The molecule has 1 unspecified atom stereocenters. The van der Waals surface area contributed by atoms with Gasteiger partial charge >= 0.3 is 0 Å². The van der Waals surface area contributed by atoms with E-state index < -0.39 is 0 Å². The van der Waals surface area contributed by atoms with Gasteiger partial charge in [-0.05, 0) is 30.9 Å². The molecule has 0 saturated heterocycles. The number of hydrogen-bond acceptors (Lipinski definition) is 2. The highest BCUT2D eigenvalue weighted by Crippen LogP contribution is 2.21. The van der Waals surface area contributed by atoms with Gasteiger partial charge in [0.15, 0.2) is 0 Å². The summed E-state index contributed by atoms with van der Waals surface area (Å²) in [6.07, 6.45) is 8.66. The molecule has 0 fully saturated rings. The van der Waals surface area contributed by atoms with Gasteiger partial charge in [0.2, 0.25) is 0 Å². The molecule has 0 bridgehead atoms. The van der Waals surface area contributed by atoms with E-state index in [0.29, 0.717) is 0 Å². The number of fused-ring (bicyclic) bond motifs is 1. The van der Waals surface area contributed by atoms with Gasteiger partial charge in [-0.1, -0.05) is 12.0 Å². The predicted molar refractivity (Wildman–Crippen MR) is 52.0 cm³/mol. The molecular formula is C11H12N2. The Morgan fingerprint density at radius 1 is 1.46 bits per heavy atom. The number of aryl methyl sites for hydroxylation is 2. The minimum Gasteiger partial charge on any atom is -0.313 e. The molecule has 1 aromatic rings. The van der Waals surface area contributed by atoms with Crippen LogP contribution >= 0.6 is 0 Å². The molecule has 0 spiro atoms. The van der Waals surface area contributed by atoms with Crippen molar-refractivity contribution in [1.29, 1.82) is 0 Å². The highest BCUT2D eigenvalue weighted by molar-refractivity contribution is 5.29. The Morgan fingerprint density at radius 2 is 2.31 bits per heavy atom. The number of terminal acetylenes is 1. The van der Waals surface area contributed by atoms with E-state index >= 15 is 0 Å². The third-order valence-electron chi connectivity index (χ3n) is 2.45. The van der Waals surface area contributed by atoms with Crippen molar-refractivity contribution in [2.75, 3.05) is 0 Å². The number of pyridine rings is 1. The summed E-state index contributed by atoms with van der Waals surface area (Å²) in [6, 6.07) is 3.68. The van der Waals surface area contributed by atoms with Gasteiger partial charge in [-0.3, -0.25) is 4.98 Å².